The zero-order valence-corrected chi connectivity index (χ0v) is 15.0. The summed E-state index contributed by atoms with van der Waals surface area (Å²) in [5.74, 6) is -0.467. The molecule has 2 rings (SSSR count). The number of carbonyl (C=O) groups is 2. The Bertz CT molecular complexity index is 715. The summed E-state index contributed by atoms with van der Waals surface area (Å²) in [6, 6.07) is 10.7. The maximum Gasteiger partial charge on any atom is 0.269 e. The van der Waals surface area contributed by atoms with Crippen LogP contribution in [0.3, 0.4) is 0 Å². The summed E-state index contributed by atoms with van der Waals surface area (Å²) in [6.45, 7) is 4.55. The number of hydrogen-bond acceptors (Lipinski definition) is 4. The lowest BCUT2D eigenvalue weighted by Gasteiger charge is -2.14. The van der Waals surface area contributed by atoms with Gasteiger partial charge >= 0.3 is 0 Å². The topological polar surface area (TPSA) is 111 Å². The predicted octanol–water partition coefficient (Wildman–Crippen LogP) is 2.16. The van der Waals surface area contributed by atoms with Crippen molar-refractivity contribution in [1.82, 2.24) is 10.3 Å². The van der Waals surface area contributed by atoms with Crippen molar-refractivity contribution in [3.63, 3.8) is 0 Å². The number of carbonyl (C=O) groups excluding carboxylic acids is 2. The highest BCUT2D eigenvalue weighted by Gasteiger charge is 2.12. The third-order valence-corrected chi connectivity index (χ3v) is 3.79. The summed E-state index contributed by atoms with van der Waals surface area (Å²) in [5, 5.41) is 2.74. The van der Waals surface area contributed by atoms with E-state index in [9.17, 15) is 9.59 Å². The van der Waals surface area contributed by atoms with Crippen LogP contribution in [0.5, 0.6) is 0 Å². The first kappa shape index (κ1) is 20.6. The molecule has 0 saturated heterocycles. The van der Waals surface area contributed by atoms with Gasteiger partial charge in [-0.05, 0) is 29.2 Å². The fourth-order valence-electron chi connectivity index (χ4n) is 2.21. The van der Waals surface area contributed by atoms with Crippen LogP contribution in [0.15, 0.2) is 42.6 Å². The minimum atomic E-state index is -0.582. The van der Waals surface area contributed by atoms with E-state index in [1.54, 1.807) is 0 Å². The van der Waals surface area contributed by atoms with Crippen molar-refractivity contribution >= 4 is 24.2 Å². The standard InChI is InChI=1S/C18H22N4O2.ClH/c1-11(2)12-3-5-13(6-4-12)15(19)10-22-18(24)16-8-7-14(9-21-16)17(20)23;/h3-9,11,15H,10,19H2,1-2H3,(H2,20,23)(H,22,24);1H. The summed E-state index contributed by atoms with van der Waals surface area (Å²) in [7, 11) is 0. The van der Waals surface area contributed by atoms with Crippen molar-refractivity contribution in [2.75, 3.05) is 6.54 Å². The van der Waals surface area contributed by atoms with Crippen molar-refractivity contribution in [1.29, 1.82) is 0 Å². The molecule has 1 aromatic carbocycles. The second-order valence-corrected chi connectivity index (χ2v) is 5.93. The molecule has 0 fully saturated rings. The molecule has 7 heteroatoms. The number of nitrogens with one attached hydrogen (secondary N) is 1. The summed E-state index contributed by atoms with van der Waals surface area (Å²) in [4.78, 5) is 27.0. The highest BCUT2D eigenvalue weighted by Crippen LogP contribution is 2.17. The Morgan fingerprint density at radius 1 is 1.08 bits per heavy atom. The van der Waals surface area contributed by atoms with Crippen molar-refractivity contribution in [2.24, 2.45) is 11.5 Å². The second-order valence-electron chi connectivity index (χ2n) is 5.93. The first-order valence-corrected chi connectivity index (χ1v) is 7.78. The Morgan fingerprint density at radius 2 is 1.68 bits per heavy atom. The first-order chi connectivity index (χ1) is 11.4. The Kier molecular flexibility index (Phi) is 7.54. The van der Waals surface area contributed by atoms with Crippen molar-refractivity contribution < 1.29 is 9.59 Å². The molecule has 0 saturated carbocycles. The molecule has 0 aliphatic rings. The number of nitrogens with zero attached hydrogens (tertiary/aromatic N) is 1. The second kappa shape index (κ2) is 9.15. The van der Waals surface area contributed by atoms with Gasteiger partial charge in [0, 0.05) is 18.8 Å². The van der Waals surface area contributed by atoms with E-state index in [0.29, 0.717) is 12.5 Å². The van der Waals surface area contributed by atoms with E-state index < -0.39 is 5.91 Å². The van der Waals surface area contributed by atoms with Gasteiger partial charge in [0.15, 0.2) is 0 Å². The smallest absolute Gasteiger partial charge is 0.269 e. The predicted molar refractivity (Wildman–Crippen MR) is 99.8 cm³/mol. The van der Waals surface area contributed by atoms with E-state index >= 15 is 0 Å². The van der Waals surface area contributed by atoms with E-state index in [4.69, 9.17) is 11.5 Å². The normalized spacial score (nSPS) is 11.5. The molecule has 0 spiro atoms. The lowest BCUT2D eigenvalue weighted by molar-refractivity contribution is 0.0943. The SMILES string of the molecule is CC(C)c1ccc(C(N)CNC(=O)c2ccc(C(N)=O)cn2)cc1.Cl. The number of amides is 2. The third-order valence-electron chi connectivity index (χ3n) is 3.79. The van der Waals surface area contributed by atoms with Crippen LogP contribution in [0.25, 0.3) is 0 Å². The molecule has 1 heterocycles. The number of halogens is 1. The monoisotopic (exact) mass is 362 g/mol. The quantitative estimate of drug-likeness (QED) is 0.731. The number of hydrogen-bond donors (Lipinski definition) is 3. The molecule has 134 valence electrons. The van der Waals surface area contributed by atoms with Gasteiger partial charge in [-0.15, -0.1) is 12.4 Å². The van der Waals surface area contributed by atoms with Gasteiger partial charge in [0.2, 0.25) is 5.91 Å². The minimum absolute atomic E-state index is 0. The molecular formula is C18H23ClN4O2. The molecule has 5 N–H and O–H groups in total. The Balaban J connectivity index is 0.00000312. The molecule has 1 unspecified atom stereocenters. The van der Waals surface area contributed by atoms with Crippen molar-refractivity contribution in [3.8, 4) is 0 Å². The molecule has 2 amide bonds. The average Bonchev–Trinajstić information content (AvgIpc) is 2.59. The molecular weight excluding hydrogens is 340 g/mol. The van der Waals surface area contributed by atoms with E-state index in [1.165, 1.54) is 23.9 Å². The Morgan fingerprint density at radius 3 is 2.16 bits per heavy atom. The molecule has 1 atom stereocenters. The fourth-order valence-corrected chi connectivity index (χ4v) is 2.21. The highest BCUT2D eigenvalue weighted by atomic mass is 35.5. The fraction of sp³-hybridized carbons (Fsp3) is 0.278. The summed E-state index contributed by atoms with van der Waals surface area (Å²) >= 11 is 0. The van der Waals surface area contributed by atoms with E-state index in [1.807, 2.05) is 24.3 Å². The number of aromatic nitrogens is 1. The van der Waals surface area contributed by atoms with E-state index in [-0.39, 0.29) is 35.6 Å². The van der Waals surface area contributed by atoms with Crippen LogP contribution in [0.1, 0.15) is 57.8 Å². The third kappa shape index (κ3) is 5.55. The molecule has 6 nitrogen and oxygen atoms in total. The Labute approximate surface area is 153 Å². The van der Waals surface area contributed by atoms with Crippen molar-refractivity contribution in [3.05, 3.63) is 65.0 Å². The molecule has 0 radical (unpaired) electrons. The molecule has 2 aromatic rings. The number of rotatable bonds is 6. The lowest BCUT2D eigenvalue weighted by atomic mass is 9.99. The number of nitrogens with two attached hydrogens (primary N) is 2. The van der Waals surface area contributed by atoms with Crippen LogP contribution in [-0.2, 0) is 0 Å². The molecule has 0 aliphatic heterocycles. The van der Waals surface area contributed by atoms with Crippen LogP contribution in [0.2, 0.25) is 0 Å². The summed E-state index contributed by atoms with van der Waals surface area (Å²) in [5.41, 5.74) is 13.9. The highest BCUT2D eigenvalue weighted by molar-refractivity contribution is 5.95. The van der Waals surface area contributed by atoms with Gasteiger partial charge in [-0.2, -0.15) is 0 Å². The van der Waals surface area contributed by atoms with E-state index in [2.05, 4.69) is 24.1 Å². The largest absolute Gasteiger partial charge is 0.366 e. The number of primary amides is 1. The van der Waals surface area contributed by atoms with Crippen LogP contribution in [0.4, 0.5) is 0 Å². The van der Waals surface area contributed by atoms with Crippen molar-refractivity contribution in [2.45, 2.75) is 25.8 Å². The zero-order valence-electron chi connectivity index (χ0n) is 14.2. The summed E-state index contributed by atoms with van der Waals surface area (Å²) in [6.07, 6.45) is 1.28. The summed E-state index contributed by atoms with van der Waals surface area (Å²) < 4.78 is 0. The van der Waals surface area contributed by atoms with Gasteiger partial charge in [0.1, 0.15) is 5.69 Å². The maximum atomic E-state index is 12.1. The maximum absolute atomic E-state index is 12.1. The van der Waals surface area contributed by atoms with Gasteiger partial charge in [0.25, 0.3) is 5.91 Å². The molecule has 1 aromatic heterocycles. The number of pyridine rings is 1. The van der Waals surface area contributed by atoms with Gasteiger partial charge in [0.05, 0.1) is 5.56 Å². The number of benzene rings is 1. The Hall–Kier alpha value is -2.44. The van der Waals surface area contributed by atoms with Gasteiger partial charge < -0.3 is 16.8 Å². The first-order valence-electron chi connectivity index (χ1n) is 7.78. The van der Waals surface area contributed by atoms with Crippen LogP contribution in [-0.4, -0.2) is 23.3 Å². The van der Waals surface area contributed by atoms with Crippen LogP contribution in [0, 0.1) is 0 Å². The van der Waals surface area contributed by atoms with Crippen LogP contribution < -0.4 is 16.8 Å². The minimum Gasteiger partial charge on any atom is -0.366 e. The van der Waals surface area contributed by atoms with Gasteiger partial charge in [-0.3, -0.25) is 14.6 Å². The van der Waals surface area contributed by atoms with Gasteiger partial charge in [-0.1, -0.05) is 38.1 Å². The molecule has 0 aliphatic carbocycles. The zero-order chi connectivity index (χ0) is 17.7. The average molecular weight is 363 g/mol. The molecule has 25 heavy (non-hydrogen) atoms. The molecule has 0 bridgehead atoms. The van der Waals surface area contributed by atoms with Crippen LogP contribution >= 0.6 is 12.4 Å². The lowest BCUT2D eigenvalue weighted by Crippen LogP contribution is -2.32. The van der Waals surface area contributed by atoms with E-state index in [0.717, 1.165) is 5.56 Å². The van der Waals surface area contributed by atoms with Gasteiger partial charge in [-0.25, -0.2) is 0 Å².